The Kier molecular flexibility index (Phi) is 3.34. The number of rotatable bonds is 3. The van der Waals surface area contributed by atoms with Crippen LogP contribution in [0.25, 0.3) is 0 Å². The smallest absolute Gasteiger partial charge is 0.214 e. The molecule has 1 heterocycles. The lowest BCUT2D eigenvalue weighted by molar-refractivity contribution is 0.102. The largest absolute Gasteiger partial charge is 0.398 e. The van der Waals surface area contributed by atoms with Gasteiger partial charge in [0.1, 0.15) is 11.5 Å². The predicted octanol–water partition coefficient (Wildman–Crippen LogP) is 2.51. The third-order valence-electron chi connectivity index (χ3n) is 2.57. The SMILES string of the molecule is CCn1ncc(Cl)c1C(=O)c1cc(F)ccc1N. The van der Waals surface area contributed by atoms with Crippen LogP contribution >= 0.6 is 11.6 Å². The molecule has 0 atom stereocenters. The maximum absolute atomic E-state index is 13.2. The normalized spacial score (nSPS) is 10.6. The first-order valence-electron chi connectivity index (χ1n) is 5.35. The number of aromatic nitrogens is 2. The van der Waals surface area contributed by atoms with E-state index in [2.05, 4.69) is 5.10 Å². The first-order valence-corrected chi connectivity index (χ1v) is 5.73. The molecule has 0 amide bonds. The highest BCUT2D eigenvalue weighted by atomic mass is 35.5. The molecule has 4 nitrogen and oxygen atoms in total. The molecule has 6 heteroatoms. The van der Waals surface area contributed by atoms with Gasteiger partial charge in [-0.05, 0) is 25.1 Å². The molecule has 0 radical (unpaired) electrons. The van der Waals surface area contributed by atoms with Crippen molar-refractivity contribution < 1.29 is 9.18 Å². The Bertz CT molecular complexity index is 609. The molecule has 0 bridgehead atoms. The van der Waals surface area contributed by atoms with Crippen LogP contribution in [0.15, 0.2) is 24.4 Å². The minimum Gasteiger partial charge on any atom is -0.398 e. The van der Waals surface area contributed by atoms with Crippen molar-refractivity contribution >= 4 is 23.1 Å². The van der Waals surface area contributed by atoms with Crippen molar-refractivity contribution in [3.63, 3.8) is 0 Å². The van der Waals surface area contributed by atoms with Gasteiger partial charge in [-0.2, -0.15) is 5.10 Å². The van der Waals surface area contributed by atoms with Crippen molar-refractivity contribution in [3.05, 3.63) is 46.5 Å². The number of nitrogen functional groups attached to an aromatic ring is 1. The molecular formula is C12H11ClFN3O. The van der Waals surface area contributed by atoms with Crippen LogP contribution in [-0.2, 0) is 6.54 Å². The number of nitrogens with zero attached hydrogens (tertiary/aromatic N) is 2. The number of aryl methyl sites for hydroxylation is 1. The lowest BCUT2D eigenvalue weighted by Crippen LogP contribution is -2.13. The Hall–Kier alpha value is -1.88. The second kappa shape index (κ2) is 4.78. The first kappa shape index (κ1) is 12.6. The average molecular weight is 268 g/mol. The summed E-state index contributed by atoms with van der Waals surface area (Å²) in [4.78, 5) is 12.3. The van der Waals surface area contributed by atoms with Crippen molar-refractivity contribution in [2.24, 2.45) is 0 Å². The van der Waals surface area contributed by atoms with Gasteiger partial charge in [0.25, 0.3) is 0 Å². The van der Waals surface area contributed by atoms with Gasteiger partial charge in [0.05, 0.1) is 16.8 Å². The standard InChI is InChI=1S/C12H11ClFN3O/c1-2-17-11(9(13)6-16-17)12(18)8-5-7(14)3-4-10(8)15/h3-6H,2,15H2,1H3. The first-order chi connectivity index (χ1) is 8.54. The summed E-state index contributed by atoms with van der Waals surface area (Å²) in [5.74, 6) is -0.956. The molecule has 0 aliphatic carbocycles. The Morgan fingerprint density at radius 1 is 1.56 bits per heavy atom. The fourth-order valence-corrected chi connectivity index (χ4v) is 1.91. The Morgan fingerprint density at radius 3 is 2.94 bits per heavy atom. The highest BCUT2D eigenvalue weighted by Crippen LogP contribution is 2.23. The number of hydrogen-bond donors (Lipinski definition) is 1. The number of halogens is 2. The topological polar surface area (TPSA) is 60.9 Å². The highest BCUT2D eigenvalue weighted by molar-refractivity contribution is 6.34. The minimum absolute atomic E-state index is 0.0899. The number of hydrogen-bond acceptors (Lipinski definition) is 3. The van der Waals surface area contributed by atoms with Crippen LogP contribution in [0.1, 0.15) is 23.0 Å². The van der Waals surface area contributed by atoms with Crippen LogP contribution in [0.4, 0.5) is 10.1 Å². The lowest BCUT2D eigenvalue weighted by Gasteiger charge is -2.07. The van der Waals surface area contributed by atoms with E-state index in [0.717, 1.165) is 6.07 Å². The minimum atomic E-state index is -0.522. The summed E-state index contributed by atoms with van der Waals surface area (Å²) in [7, 11) is 0. The van der Waals surface area contributed by atoms with Crippen LogP contribution in [-0.4, -0.2) is 15.6 Å². The van der Waals surface area contributed by atoms with Gasteiger partial charge in [0.15, 0.2) is 0 Å². The number of ketones is 1. The summed E-state index contributed by atoms with van der Waals surface area (Å²) < 4.78 is 14.6. The molecule has 2 N–H and O–H groups in total. The predicted molar refractivity (Wildman–Crippen MR) is 67.2 cm³/mol. The molecule has 2 rings (SSSR count). The fourth-order valence-electron chi connectivity index (χ4n) is 1.68. The van der Waals surface area contributed by atoms with Crippen molar-refractivity contribution in [2.45, 2.75) is 13.5 Å². The molecule has 18 heavy (non-hydrogen) atoms. The van der Waals surface area contributed by atoms with Gasteiger partial charge in [0, 0.05) is 12.2 Å². The molecule has 1 aromatic carbocycles. The average Bonchev–Trinajstić information content (AvgIpc) is 2.72. The molecular weight excluding hydrogens is 257 g/mol. The molecule has 0 aliphatic heterocycles. The zero-order valence-electron chi connectivity index (χ0n) is 9.65. The summed E-state index contributed by atoms with van der Waals surface area (Å²) in [5, 5.41) is 4.19. The molecule has 0 fully saturated rings. The fraction of sp³-hybridized carbons (Fsp3) is 0.167. The maximum Gasteiger partial charge on any atom is 0.214 e. The van der Waals surface area contributed by atoms with Gasteiger partial charge in [-0.15, -0.1) is 0 Å². The summed E-state index contributed by atoms with van der Waals surface area (Å²) in [6, 6.07) is 3.65. The van der Waals surface area contributed by atoms with E-state index in [1.807, 2.05) is 6.92 Å². The summed E-state index contributed by atoms with van der Waals surface area (Å²) in [6.45, 7) is 2.32. The zero-order chi connectivity index (χ0) is 13.3. The van der Waals surface area contributed by atoms with Gasteiger partial charge in [-0.3, -0.25) is 9.48 Å². The lowest BCUT2D eigenvalue weighted by atomic mass is 10.1. The van der Waals surface area contributed by atoms with Crippen molar-refractivity contribution in [2.75, 3.05) is 5.73 Å². The van der Waals surface area contributed by atoms with E-state index >= 15 is 0 Å². The molecule has 0 unspecified atom stereocenters. The zero-order valence-corrected chi connectivity index (χ0v) is 10.4. The number of carbonyl (C=O) groups excluding carboxylic acids is 1. The van der Waals surface area contributed by atoms with E-state index in [1.54, 1.807) is 0 Å². The number of carbonyl (C=O) groups is 1. The Labute approximate surface area is 108 Å². The van der Waals surface area contributed by atoms with Gasteiger partial charge >= 0.3 is 0 Å². The molecule has 0 spiro atoms. The number of benzene rings is 1. The molecule has 1 aromatic heterocycles. The van der Waals surface area contributed by atoms with E-state index in [9.17, 15) is 9.18 Å². The molecule has 0 aliphatic rings. The van der Waals surface area contributed by atoms with E-state index in [-0.39, 0.29) is 22.0 Å². The Balaban J connectivity index is 2.54. The van der Waals surface area contributed by atoms with E-state index < -0.39 is 11.6 Å². The van der Waals surface area contributed by atoms with Gasteiger partial charge in [-0.1, -0.05) is 11.6 Å². The molecule has 0 saturated carbocycles. The van der Waals surface area contributed by atoms with Gasteiger partial charge in [0.2, 0.25) is 5.78 Å². The van der Waals surface area contributed by atoms with Crippen LogP contribution < -0.4 is 5.73 Å². The maximum atomic E-state index is 13.2. The van der Waals surface area contributed by atoms with Crippen LogP contribution in [0.2, 0.25) is 5.02 Å². The summed E-state index contributed by atoms with van der Waals surface area (Å²) in [6.07, 6.45) is 1.38. The molecule has 2 aromatic rings. The monoisotopic (exact) mass is 267 g/mol. The second-order valence-electron chi connectivity index (χ2n) is 3.72. The number of nitrogens with two attached hydrogens (primary N) is 1. The van der Waals surface area contributed by atoms with Crippen LogP contribution in [0, 0.1) is 5.82 Å². The summed E-state index contributed by atoms with van der Waals surface area (Å²) in [5.41, 5.74) is 6.20. The van der Waals surface area contributed by atoms with Crippen LogP contribution in [0.3, 0.4) is 0 Å². The van der Waals surface area contributed by atoms with Crippen molar-refractivity contribution in [3.8, 4) is 0 Å². The van der Waals surface area contributed by atoms with E-state index in [4.69, 9.17) is 17.3 Å². The number of anilines is 1. The second-order valence-corrected chi connectivity index (χ2v) is 4.12. The summed E-state index contributed by atoms with van der Waals surface area (Å²) >= 11 is 5.92. The molecule has 94 valence electrons. The van der Waals surface area contributed by atoms with Crippen molar-refractivity contribution in [1.29, 1.82) is 0 Å². The third-order valence-corrected chi connectivity index (χ3v) is 2.85. The van der Waals surface area contributed by atoms with Crippen molar-refractivity contribution in [1.82, 2.24) is 9.78 Å². The molecule has 0 saturated heterocycles. The van der Waals surface area contributed by atoms with Gasteiger partial charge in [-0.25, -0.2) is 4.39 Å². The van der Waals surface area contributed by atoms with Crippen LogP contribution in [0.5, 0.6) is 0 Å². The highest BCUT2D eigenvalue weighted by Gasteiger charge is 2.20. The van der Waals surface area contributed by atoms with E-state index in [1.165, 1.54) is 23.0 Å². The quantitative estimate of drug-likeness (QED) is 0.687. The van der Waals surface area contributed by atoms with E-state index in [0.29, 0.717) is 6.54 Å². The third kappa shape index (κ3) is 2.09. The van der Waals surface area contributed by atoms with Gasteiger partial charge < -0.3 is 5.73 Å². The Morgan fingerprint density at radius 2 is 2.28 bits per heavy atom.